The molecule has 0 heterocycles. The van der Waals surface area contributed by atoms with Crippen LogP contribution in [0.5, 0.6) is 0 Å². The Labute approximate surface area is 166 Å². The molecule has 0 aromatic heterocycles. The van der Waals surface area contributed by atoms with Crippen LogP contribution in [0.3, 0.4) is 0 Å². The number of ether oxygens (including phenoxy) is 1. The topological polar surface area (TPSA) is 66.8 Å². The number of carbonyl (C=O) groups excluding carboxylic acids is 1. The summed E-state index contributed by atoms with van der Waals surface area (Å²) in [4.78, 5) is 24.9. The summed E-state index contributed by atoms with van der Waals surface area (Å²) in [7, 11) is 0. The summed E-state index contributed by atoms with van der Waals surface area (Å²) in [5, 5.41) is 8.98. The van der Waals surface area contributed by atoms with Gasteiger partial charge < -0.3 is 9.84 Å². The van der Waals surface area contributed by atoms with Crippen LogP contribution in [-0.2, 0) is 24.0 Å². The lowest BCUT2D eigenvalue weighted by atomic mass is 10.1. The maximum absolute atomic E-state index is 12.7. The molecule has 0 saturated heterocycles. The van der Waals surface area contributed by atoms with Crippen molar-refractivity contribution in [2.45, 2.75) is 45.6 Å². The van der Waals surface area contributed by atoms with Crippen molar-refractivity contribution in [1.82, 2.24) is 4.90 Å². The van der Waals surface area contributed by atoms with Gasteiger partial charge in [-0.05, 0) is 56.2 Å². The first-order valence-electron chi connectivity index (χ1n) is 8.81. The van der Waals surface area contributed by atoms with E-state index in [-0.39, 0.29) is 18.7 Å². The molecule has 0 aliphatic heterocycles. The number of carbonyl (C=O) groups is 2. The molecule has 8 heteroatoms. The third-order valence-corrected chi connectivity index (χ3v) is 3.88. The van der Waals surface area contributed by atoms with E-state index >= 15 is 0 Å². The number of benzene rings is 2. The molecule has 0 unspecified atom stereocenters. The van der Waals surface area contributed by atoms with Gasteiger partial charge in [-0.15, -0.1) is 0 Å². The lowest BCUT2D eigenvalue weighted by Crippen LogP contribution is -2.36. The fourth-order valence-corrected chi connectivity index (χ4v) is 2.50. The van der Waals surface area contributed by atoms with E-state index in [1.165, 1.54) is 29.2 Å². The second-order valence-electron chi connectivity index (χ2n) is 7.53. The molecule has 0 spiro atoms. The minimum absolute atomic E-state index is 0.0354. The molecular weight excluding hydrogens is 387 g/mol. The van der Waals surface area contributed by atoms with E-state index in [0.717, 1.165) is 12.1 Å². The maximum atomic E-state index is 12.7. The monoisotopic (exact) mass is 409 g/mol. The fourth-order valence-electron chi connectivity index (χ4n) is 2.50. The van der Waals surface area contributed by atoms with E-state index < -0.39 is 29.4 Å². The predicted molar refractivity (Wildman–Crippen MR) is 100 cm³/mol. The van der Waals surface area contributed by atoms with Crippen LogP contribution in [0.15, 0.2) is 48.5 Å². The van der Waals surface area contributed by atoms with E-state index in [2.05, 4.69) is 0 Å². The third kappa shape index (κ3) is 6.81. The number of hydrogen-bond donors (Lipinski definition) is 1. The lowest BCUT2D eigenvalue weighted by Gasteiger charge is -2.27. The highest BCUT2D eigenvalue weighted by Gasteiger charge is 2.30. The molecule has 0 atom stereocenters. The highest BCUT2D eigenvalue weighted by atomic mass is 19.4. The molecule has 0 radical (unpaired) electrons. The van der Waals surface area contributed by atoms with Gasteiger partial charge in [-0.3, -0.25) is 4.90 Å². The first kappa shape index (κ1) is 22.3. The molecule has 1 N–H and O–H groups in total. The second kappa shape index (κ2) is 8.55. The van der Waals surface area contributed by atoms with Crippen molar-refractivity contribution < 1.29 is 32.6 Å². The van der Waals surface area contributed by atoms with Crippen molar-refractivity contribution in [3.05, 3.63) is 70.8 Å². The summed E-state index contributed by atoms with van der Waals surface area (Å²) < 4.78 is 43.6. The van der Waals surface area contributed by atoms with Crippen LogP contribution in [0, 0.1) is 0 Å². The Bertz CT molecular complexity index is 853. The first-order valence-corrected chi connectivity index (χ1v) is 8.81. The highest BCUT2D eigenvalue weighted by Crippen LogP contribution is 2.29. The Kier molecular flexibility index (Phi) is 6.56. The standard InChI is InChI=1S/C21H22F3NO4/c1-20(2,3)29-19(28)25(12-14-4-8-16(9-5-14)18(26)27)13-15-6-10-17(11-7-15)21(22,23)24/h4-11H,12-13H2,1-3H3,(H,26,27). The van der Waals surface area contributed by atoms with Crippen LogP contribution in [0.4, 0.5) is 18.0 Å². The van der Waals surface area contributed by atoms with Gasteiger partial charge >= 0.3 is 18.2 Å². The molecule has 0 fully saturated rings. The van der Waals surface area contributed by atoms with Crippen LogP contribution in [0.2, 0.25) is 0 Å². The molecule has 2 aromatic carbocycles. The SMILES string of the molecule is CC(C)(C)OC(=O)N(Cc1ccc(C(=O)O)cc1)Cc1ccc(C(F)(F)F)cc1. The van der Waals surface area contributed by atoms with Crippen molar-refractivity contribution in [1.29, 1.82) is 0 Å². The molecule has 2 aromatic rings. The Hall–Kier alpha value is -3.03. The summed E-state index contributed by atoms with van der Waals surface area (Å²) in [6.45, 7) is 5.28. The van der Waals surface area contributed by atoms with Crippen LogP contribution in [0.1, 0.15) is 47.8 Å². The first-order chi connectivity index (χ1) is 13.3. The van der Waals surface area contributed by atoms with E-state index in [1.807, 2.05) is 0 Å². The highest BCUT2D eigenvalue weighted by molar-refractivity contribution is 5.87. The van der Waals surface area contributed by atoms with Crippen LogP contribution in [0.25, 0.3) is 0 Å². The summed E-state index contributed by atoms with van der Waals surface area (Å²) >= 11 is 0. The minimum atomic E-state index is -4.44. The maximum Gasteiger partial charge on any atom is 0.416 e. The van der Waals surface area contributed by atoms with Gasteiger partial charge in [0.25, 0.3) is 0 Å². The van der Waals surface area contributed by atoms with Gasteiger partial charge in [-0.25, -0.2) is 9.59 Å². The molecule has 2 rings (SSSR count). The zero-order valence-electron chi connectivity index (χ0n) is 16.3. The summed E-state index contributed by atoms with van der Waals surface area (Å²) in [6, 6.07) is 10.5. The van der Waals surface area contributed by atoms with Gasteiger partial charge in [0.05, 0.1) is 11.1 Å². The Morgan fingerprint density at radius 2 is 1.34 bits per heavy atom. The van der Waals surface area contributed by atoms with Crippen molar-refractivity contribution in [2.75, 3.05) is 0 Å². The van der Waals surface area contributed by atoms with E-state index in [9.17, 15) is 22.8 Å². The van der Waals surface area contributed by atoms with Crippen LogP contribution < -0.4 is 0 Å². The number of carboxylic acids is 1. The van der Waals surface area contributed by atoms with Crippen molar-refractivity contribution in [2.24, 2.45) is 0 Å². The van der Waals surface area contributed by atoms with Gasteiger partial charge in [0.1, 0.15) is 5.60 Å². The Morgan fingerprint density at radius 3 is 1.72 bits per heavy atom. The number of nitrogens with zero attached hydrogens (tertiary/aromatic N) is 1. The van der Waals surface area contributed by atoms with Gasteiger partial charge in [0.15, 0.2) is 0 Å². The lowest BCUT2D eigenvalue weighted by molar-refractivity contribution is -0.137. The Morgan fingerprint density at radius 1 is 0.897 bits per heavy atom. The smallest absolute Gasteiger partial charge is 0.416 e. The molecule has 0 saturated carbocycles. The number of aromatic carboxylic acids is 1. The minimum Gasteiger partial charge on any atom is -0.478 e. The van der Waals surface area contributed by atoms with Gasteiger partial charge in [-0.1, -0.05) is 24.3 Å². The second-order valence-corrected chi connectivity index (χ2v) is 7.53. The number of rotatable bonds is 5. The van der Waals surface area contributed by atoms with E-state index in [0.29, 0.717) is 11.1 Å². The zero-order valence-corrected chi connectivity index (χ0v) is 16.3. The molecule has 0 bridgehead atoms. The summed E-state index contributed by atoms with van der Waals surface area (Å²) in [5.41, 5.74) is -0.240. The normalized spacial score (nSPS) is 11.8. The van der Waals surface area contributed by atoms with Crippen LogP contribution in [-0.4, -0.2) is 27.7 Å². The summed E-state index contributed by atoms with van der Waals surface area (Å²) in [5.74, 6) is -1.06. The molecule has 1 amide bonds. The van der Waals surface area contributed by atoms with E-state index in [1.54, 1.807) is 32.9 Å². The van der Waals surface area contributed by atoms with Gasteiger partial charge in [0, 0.05) is 13.1 Å². The number of alkyl halides is 3. The molecule has 29 heavy (non-hydrogen) atoms. The third-order valence-electron chi connectivity index (χ3n) is 3.88. The zero-order chi connectivity index (χ0) is 21.8. The largest absolute Gasteiger partial charge is 0.478 e. The summed E-state index contributed by atoms with van der Waals surface area (Å²) in [6.07, 6.45) is -5.06. The number of amides is 1. The quantitative estimate of drug-likeness (QED) is 0.724. The molecule has 5 nitrogen and oxygen atoms in total. The van der Waals surface area contributed by atoms with Gasteiger partial charge in [-0.2, -0.15) is 13.2 Å². The van der Waals surface area contributed by atoms with Crippen LogP contribution >= 0.6 is 0 Å². The molecular formula is C21H22F3NO4. The predicted octanol–water partition coefficient (Wildman–Crippen LogP) is 5.34. The average Bonchev–Trinajstić information content (AvgIpc) is 2.60. The van der Waals surface area contributed by atoms with Crippen molar-refractivity contribution in [3.8, 4) is 0 Å². The molecule has 156 valence electrons. The van der Waals surface area contributed by atoms with Crippen molar-refractivity contribution in [3.63, 3.8) is 0 Å². The Balaban J connectivity index is 2.22. The number of halogens is 3. The van der Waals surface area contributed by atoms with Gasteiger partial charge in [0.2, 0.25) is 0 Å². The molecule has 0 aliphatic carbocycles. The van der Waals surface area contributed by atoms with E-state index in [4.69, 9.17) is 9.84 Å². The molecule has 0 aliphatic rings. The number of hydrogen-bond acceptors (Lipinski definition) is 3. The average molecular weight is 409 g/mol. The van der Waals surface area contributed by atoms with Crippen molar-refractivity contribution >= 4 is 12.1 Å². The fraction of sp³-hybridized carbons (Fsp3) is 0.333. The number of carboxylic acid groups (broad SMARTS) is 1.